The molecular weight excluding hydrogens is 328 g/mol. The number of pyridine rings is 1. The standard InChI is InChI=1S/C20H24N4O2/c25-19(22-15-16-8-10-21-11-9-16)14-20(26)23-17-4-6-18(7-5-17)24-12-2-1-3-13-24/h4-11H,1-3,12-15H2,(H,22,25)(H,23,26). The van der Waals surface area contributed by atoms with E-state index in [1.165, 1.54) is 24.9 Å². The fourth-order valence-corrected chi connectivity index (χ4v) is 3.02. The molecule has 1 aromatic carbocycles. The molecule has 1 aliphatic heterocycles. The quantitative estimate of drug-likeness (QED) is 0.784. The lowest BCUT2D eigenvalue weighted by atomic mass is 10.1. The Morgan fingerprint density at radius 2 is 1.62 bits per heavy atom. The number of benzene rings is 1. The summed E-state index contributed by atoms with van der Waals surface area (Å²) in [7, 11) is 0. The third-order valence-electron chi connectivity index (χ3n) is 4.43. The van der Waals surface area contributed by atoms with Crippen LogP contribution in [0, 0.1) is 0 Å². The summed E-state index contributed by atoms with van der Waals surface area (Å²) in [5, 5.41) is 5.51. The van der Waals surface area contributed by atoms with Crippen molar-refractivity contribution in [3.05, 3.63) is 54.4 Å². The molecule has 1 fully saturated rings. The number of anilines is 2. The highest BCUT2D eigenvalue weighted by Crippen LogP contribution is 2.21. The van der Waals surface area contributed by atoms with Crippen LogP contribution < -0.4 is 15.5 Å². The Bertz CT molecular complexity index is 725. The molecule has 2 aromatic rings. The molecule has 26 heavy (non-hydrogen) atoms. The molecule has 0 atom stereocenters. The number of rotatable bonds is 6. The monoisotopic (exact) mass is 352 g/mol. The van der Waals surface area contributed by atoms with E-state index < -0.39 is 0 Å². The Labute approximate surface area is 153 Å². The summed E-state index contributed by atoms with van der Waals surface area (Å²) in [6, 6.07) is 11.5. The summed E-state index contributed by atoms with van der Waals surface area (Å²) in [5.41, 5.74) is 2.83. The SMILES string of the molecule is O=C(CC(=O)Nc1ccc(N2CCCCC2)cc1)NCc1ccncc1. The molecule has 0 bridgehead atoms. The highest BCUT2D eigenvalue weighted by atomic mass is 16.2. The average molecular weight is 352 g/mol. The van der Waals surface area contributed by atoms with Crippen molar-refractivity contribution in [3.8, 4) is 0 Å². The summed E-state index contributed by atoms with van der Waals surface area (Å²) in [4.78, 5) is 30.2. The van der Waals surface area contributed by atoms with Gasteiger partial charge in [-0.3, -0.25) is 14.6 Å². The molecule has 0 radical (unpaired) electrons. The summed E-state index contributed by atoms with van der Waals surface area (Å²) in [5.74, 6) is -0.618. The number of piperidine rings is 1. The van der Waals surface area contributed by atoms with E-state index in [1.54, 1.807) is 12.4 Å². The third-order valence-corrected chi connectivity index (χ3v) is 4.43. The fourth-order valence-electron chi connectivity index (χ4n) is 3.02. The lowest BCUT2D eigenvalue weighted by molar-refractivity contribution is -0.126. The highest BCUT2D eigenvalue weighted by molar-refractivity contribution is 6.03. The van der Waals surface area contributed by atoms with Gasteiger partial charge in [-0.2, -0.15) is 0 Å². The van der Waals surface area contributed by atoms with Crippen molar-refractivity contribution in [3.63, 3.8) is 0 Å². The minimum atomic E-state index is -0.317. The van der Waals surface area contributed by atoms with Crippen molar-refractivity contribution in [2.24, 2.45) is 0 Å². The van der Waals surface area contributed by atoms with E-state index in [1.807, 2.05) is 36.4 Å². The van der Waals surface area contributed by atoms with Crippen LogP contribution in [0.2, 0.25) is 0 Å². The Morgan fingerprint density at radius 3 is 2.31 bits per heavy atom. The molecule has 1 aromatic heterocycles. The average Bonchev–Trinajstić information content (AvgIpc) is 2.68. The third kappa shape index (κ3) is 5.31. The summed E-state index contributed by atoms with van der Waals surface area (Å²) in [6.07, 6.45) is 6.90. The zero-order valence-electron chi connectivity index (χ0n) is 14.8. The number of nitrogens with one attached hydrogen (secondary N) is 2. The van der Waals surface area contributed by atoms with Gasteiger partial charge in [0.05, 0.1) is 0 Å². The van der Waals surface area contributed by atoms with Gasteiger partial charge < -0.3 is 15.5 Å². The lowest BCUT2D eigenvalue weighted by Crippen LogP contribution is -2.29. The Balaban J connectivity index is 1.44. The predicted octanol–water partition coefficient (Wildman–Crippen LogP) is 2.72. The summed E-state index contributed by atoms with van der Waals surface area (Å²) in [6.45, 7) is 2.56. The number of carbonyl (C=O) groups is 2. The topological polar surface area (TPSA) is 74.3 Å². The van der Waals surface area contributed by atoms with Crippen molar-refractivity contribution in [2.45, 2.75) is 32.2 Å². The Morgan fingerprint density at radius 1 is 0.923 bits per heavy atom. The van der Waals surface area contributed by atoms with Crippen LogP contribution in [-0.2, 0) is 16.1 Å². The molecular formula is C20H24N4O2. The molecule has 136 valence electrons. The largest absolute Gasteiger partial charge is 0.372 e. The fraction of sp³-hybridized carbons (Fsp3) is 0.350. The minimum absolute atomic E-state index is 0.195. The zero-order valence-corrected chi connectivity index (χ0v) is 14.8. The van der Waals surface area contributed by atoms with Gasteiger partial charge in [-0.05, 0) is 61.2 Å². The van der Waals surface area contributed by atoms with Gasteiger partial charge in [0.25, 0.3) is 0 Å². The van der Waals surface area contributed by atoms with Crippen molar-refractivity contribution in [1.82, 2.24) is 10.3 Å². The van der Waals surface area contributed by atoms with Crippen LogP contribution in [0.4, 0.5) is 11.4 Å². The van der Waals surface area contributed by atoms with Crippen LogP contribution in [0.3, 0.4) is 0 Å². The van der Waals surface area contributed by atoms with Gasteiger partial charge >= 0.3 is 0 Å². The first-order chi connectivity index (χ1) is 12.7. The maximum absolute atomic E-state index is 12.0. The molecule has 2 heterocycles. The minimum Gasteiger partial charge on any atom is -0.372 e. The molecule has 3 rings (SSSR count). The predicted molar refractivity (Wildman–Crippen MR) is 102 cm³/mol. The molecule has 6 nitrogen and oxygen atoms in total. The summed E-state index contributed by atoms with van der Waals surface area (Å²) < 4.78 is 0. The van der Waals surface area contributed by atoms with E-state index in [9.17, 15) is 9.59 Å². The van der Waals surface area contributed by atoms with Crippen molar-refractivity contribution < 1.29 is 9.59 Å². The molecule has 2 N–H and O–H groups in total. The van der Waals surface area contributed by atoms with Crippen LogP contribution in [0.15, 0.2) is 48.8 Å². The molecule has 0 unspecified atom stereocenters. The second-order valence-electron chi connectivity index (χ2n) is 6.45. The van der Waals surface area contributed by atoms with E-state index in [2.05, 4.69) is 20.5 Å². The van der Waals surface area contributed by atoms with Gasteiger partial charge in [-0.25, -0.2) is 0 Å². The van der Waals surface area contributed by atoms with Crippen LogP contribution in [0.5, 0.6) is 0 Å². The van der Waals surface area contributed by atoms with Crippen molar-refractivity contribution in [2.75, 3.05) is 23.3 Å². The number of aromatic nitrogens is 1. The van der Waals surface area contributed by atoms with E-state index in [0.29, 0.717) is 12.2 Å². The molecule has 0 aliphatic carbocycles. The van der Waals surface area contributed by atoms with Crippen molar-refractivity contribution >= 4 is 23.2 Å². The van der Waals surface area contributed by atoms with Crippen LogP contribution in [-0.4, -0.2) is 29.9 Å². The van der Waals surface area contributed by atoms with Gasteiger partial charge in [0, 0.05) is 43.4 Å². The van der Waals surface area contributed by atoms with Crippen LogP contribution in [0.25, 0.3) is 0 Å². The second kappa shape index (κ2) is 8.99. The van der Waals surface area contributed by atoms with Crippen LogP contribution >= 0.6 is 0 Å². The molecule has 0 saturated carbocycles. The molecule has 2 amide bonds. The number of nitrogens with zero attached hydrogens (tertiary/aromatic N) is 2. The second-order valence-corrected chi connectivity index (χ2v) is 6.45. The van der Waals surface area contributed by atoms with Crippen LogP contribution in [0.1, 0.15) is 31.2 Å². The smallest absolute Gasteiger partial charge is 0.233 e. The highest BCUT2D eigenvalue weighted by Gasteiger charge is 2.12. The number of carbonyl (C=O) groups excluding carboxylic acids is 2. The van der Waals surface area contributed by atoms with E-state index in [4.69, 9.17) is 0 Å². The number of hydrogen-bond donors (Lipinski definition) is 2. The maximum atomic E-state index is 12.0. The van der Waals surface area contributed by atoms with Gasteiger partial charge in [-0.15, -0.1) is 0 Å². The molecule has 1 aliphatic rings. The Kier molecular flexibility index (Phi) is 6.19. The zero-order chi connectivity index (χ0) is 18.2. The normalized spacial score (nSPS) is 13.9. The molecule has 6 heteroatoms. The van der Waals surface area contributed by atoms with Crippen molar-refractivity contribution in [1.29, 1.82) is 0 Å². The van der Waals surface area contributed by atoms with E-state index >= 15 is 0 Å². The van der Waals surface area contributed by atoms with Gasteiger partial charge in [0.15, 0.2) is 0 Å². The lowest BCUT2D eigenvalue weighted by Gasteiger charge is -2.28. The first-order valence-electron chi connectivity index (χ1n) is 9.01. The summed E-state index contributed by atoms with van der Waals surface area (Å²) >= 11 is 0. The first-order valence-corrected chi connectivity index (χ1v) is 9.01. The number of amides is 2. The van der Waals surface area contributed by atoms with Gasteiger partial charge in [0.1, 0.15) is 6.42 Å². The molecule has 0 spiro atoms. The first kappa shape index (κ1) is 17.9. The maximum Gasteiger partial charge on any atom is 0.233 e. The Hall–Kier alpha value is -2.89. The van der Waals surface area contributed by atoms with Gasteiger partial charge in [-0.1, -0.05) is 0 Å². The van der Waals surface area contributed by atoms with Gasteiger partial charge in [0.2, 0.25) is 11.8 Å². The van der Waals surface area contributed by atoms with E-state index in [-0.39, 0.29) is 18.2 Å². The molecule has 1 saturated heterocycles. The van der Waals surface area contributed by atoms with E-state index in [0.717, 1.165) is 18.7 Å². The number of hydrogen-bond acceptors (Lipinski definition) is 4.